The average molecular weight is 515 g/mol. The number of anilines is 1. The minimum atomic E-state index is -0.450. The van der Waals surface area contributed by atoms with Crippen LogP contribution in [-0.4, -0.2) is 47.1 Å². The molecule has 3 aromatic rings. The highest BCUT2D eigenvalue weighted by atomic mass is 16.6. The van der Waals surface area contributed by atoms with Gasteiger partial charge in [0.05, 0.1) is 0 Å². The van der Waals surface area contributed by atoms with Gasteiger partial charge >= 0.3 is 6.09 Å². The Morgan fingerprint density at radius 1 is 1.03 bits per heavy atom. The minimum Gasteiger partial charge on any atom is -0.444 e. The fourth-order valence-corrected chi connectivity index (χ4v) is 5.20. The fourth-order valence-electron chi connectivity index (χ4n) is 5.20. The van der Waals surface area contributed by atoms with Gasteiger partial charge in [0, 0.05) is 49.0 Å². The van der Waals surface area contributed by atoms with Crippen LogP contribution in [0.2, 0.25) is 0 Å². The third kappa shape index (κ3) is 6.70. The predicted octanol–water partition coefficient (Wildman–Crippen LogP) is 5.71. The van der Waals surface area contributed by atoms with Crippen molar-refractivity contribution in [2.75, 3.05) is 25.0 Å². The Labute approximate surface area is 225 Å². The van der Waals surface area contributed by atoms with E-state index in [9.17, 15) is 9.59 Å². The molecule has 2 aromatic carbocycles. The van der Waals surface area contributed by atoms with Crippen molar-refractivity contribution >= 4 is 28.5 Å². The highest BCUT2D eigenvalue weighted by Crippen LogP contribution is 2.48. The van der Waals surface area contributed by atoms with E-state index in [0.29, 0.717) is 5.92 Å². The normalized spacial score (nSPS) is 19.8. The molecular weight excluding hydrogens is 476 g/mol. The van der Waals surface area contributed by atoms with Gasteiger partial charge in [0.2, 0.25) is 5.91 Å². The number of hydrogen-bond donors (Lipinski definition) is 2. The number of pyridine rings is 1. The molecule has 2 atom stereocenters. The Bertz CT molecular complexity index is 1280. The zero-order chi connectivity index (χ0) is 26.7. The van der Waals surface area contributed by atoms with Crippen LogP contribution in [0.25, 0.3) is 10.8 Å². The van der Waals surface area contributed by atoms with E-state index in [0.717, 1.165) is 61.9 Å². The number of fused-ring (bicyclic) bond motifs is 1. The molecule has 2 aliphatic rings. The maximum absolute atomic E-state index is 12.8. The second-order valence-electron chi connectivity index (χ2n) is 11.7. The number of amides is 2. The molecule has 1 saturated carbocycles. The van der Waals surface area contributed by atoms with Crippen molar-refractivity contribution in [1.82, 2.24) is 15.2 Å². The smallest absolute Gasteiger partial charge is 0.410 e. The molecule has 2 heterocycles. The molecule has 2 amide bonds. The predicted molar refractivity (Wildman–Crippen MR) is 150 cm³/mol. The first-order valence-corrected chi connectivity index (χ1v) is 13.7. The Morgan fingerprint density at radius 2 is 1.79 bits per heavy atom. The first-order chi connectivity index (χ1) is 18.2. The third-order valence-corrected chi connectivity index (χ3v) is 7.47. The van der Waals surface area contributed by atoms with Gasteiger partial charge < -0.3 is 20.3 Å². The summed E-state index contributed by atoms with van der Waals surface area (Å²) in [6.45, 7) is 8.98. The van der Waals surface area contributed by atoms with Gasteiger partial charge in [-0.15, -0.1) is 0 Å². The monoisotopic (exact) mass is 514 g/mol. The molecular formula is C31H38N4O3. The van der Waals surface area contributed by atoms with E-state index in [2.05, 4.69) is 39.9 Å². The van der Waals surface area contributed by atoms with Gasteiger partial charge in [0.1, 0.15) is 5.60 Å². The maximum Gasteiger partial charge on any atom is 0.410 e. The highest BCUT2D eigenvalue weighted by molar-refractivity contribution is 5.97. The molecule has 0 spiro atoms. The Balaban J connectivity index is 1.03. The van der Waals surface area contributed by atoms with Crippen LogP contribution >= 0.6 is 0 Å². The van der Waals surface area contributed by atoms with Crippen molar-refractivity contribution in [1.29, 1.82) is 0 Å². The number of hydrogen-bond acceptors (Lipinski definition) is 5. The number of benzene rings is 2. The van der Waals surface area contributed by atoms with Crippen LogP contribution in [0, 0.1) is 11.8 Å². The number of aromatic nitrogens is 1. The van der Waals surface area contributed by atoms with Crippen LogP contribution in [-0.2, 0) is 16.1 Å². The number of carbonyl (C=O) groups excluding carboxylic acids is 2. The Kier molecular flexibility index (Phi) is 7.65. The van der Waals surface area contributed by atoms with Gasteiger partial charge in [-0.2, -0.15) is 0 Å². The van der Waals surface area contributed by atoms with E-state index in [1.54, 1.807) is 6.20 Å². The summed E-state index contributed by atoms with van der Waals surface area (Å²) in [5, 5.41) is 8.80. The number of likely N-dealkylation sites (tertiary alicyclic amines) is 1. The first-order valence-electron chi connectivity index (χ1n) is 13.7. The molecule has 7 heteroatoms. The topological polar surface area (TPSA) is 83.6 Å². The van der Waals surface area contributed by atoms with Crippen molar-refractivity contribution in [2.45, 2.75) is 58.1 Å². The van der Waals surface area contributed by atoms with Crippen molar-refractivity contribution in [2.24, 2.45) is 11.8 Å². The molecule has 200 valence electrons. The van der Waals surface area contributed by atoms with Crippen LogP contribution in [0.4, 0.5) is 10.5 Å². The standard InChI is InChI=1S/C31H38N4O3/c1-31(2,3)38-30(37)35-14-11-22(12-15-35)19-33-18-21-4-6-23(7-5-21)27-17-28(27)29(36)34-26-9-8-25-20-32-13-10-24(25)16-26/h4-10,13,16,20,22,27-28,33H,11-12,14-15,17-19H2,1-3H3,(H,34,36)/t27-,28+/m0/s1. The Morgan fingerprint density at radius 3 is 2.53 bits per heavy atom. The lowest BCUT2D eigenvalue weighted by atomic mass is 9.97. The van der Waals surface area contributed by atoms with Crippen molar-refractivity contribution in [3.05, 3.63) is 72.1 Å². The molecule has 0 radical (unpaired) electrons. The highest BCUT2D eigenvalue weighted by Gasteiger charge is 2.43. The molecule has 0 bridgehead atoms. The average Bonchev–Trinajstić information content (AvgIpc) is 3.70. The number of piperidine rings is 1. The second kappa shape index (κ2) is 11.1. The lowest BCUT2D eigenvalue weighted by Crippen LogP contribution is -2.43. The van der Waals surface area contributed by atoms with Gasteiger partial charge in [0.25, 0.3) is 0 Å². The molecule has 7 nitrogen and oxygen atoms in total. The lowest BCUT2D eigenvalue weighted by Gasteiger charge is -2.33. The molecule has 38 heavy (non-hydrogen) atoms. The van der Waals surface area contributed by atoms with Crippen LogP contribution < -0.4 is 10.6 Å². The molecule has 1 saturated heterocycles. The quantitative estimate of drug-likeness (QED) is 0.422. The Hall–Kier alpha value is -3.45. The van der Waals surface area contributed by atoms with Gasteiger partial charge in [-0.25, -0.2) is 4.79 Å². The van der Waals surface area contributed by atoms with Crippen molar-refractivity contribution in [3.63, 3.8) is 0 Å². The van der Waals surface area contributed by atoms with Gasteiger partial charge in [-0.3, -0.25) is 9.78 Å². The lowest BCUT2D eigenvalue weighted by molar-refractivity contribution is -0.117. The van der Waals surface area contributed by atoms with E-state index in [4.69, 9.17) is 4.74 Å². The molecule has 1 aromatic heterocycles. The van der Waals surface area contributed by atoms with E-state index >= 15 is 0 Å². The molecule has 1 aliphatic heterocycles. The summed E-state index contributed by atoms with van der Waals surface area (Å²) in [6, 6.07) is 16.5. The van der Waals surface area contributed by atoms with E-state index in [1.807, 2.05) is 56.1 Å². The van der Waals surface area contributed by atoms with E-state index < -0.39 is 5.60 Å². The maximum atomic E-state index is 12.8. The minimum absolute atomic E-state index is 0.0265. The molecule has 2 N–H and O–H groups in total. The molecule has 2 fully saturated rings. The zero-order valence-corrected chi connectivity index (χ0v) is 22.6. The van der Waals surface area contributed by atoms with Crippen molar-refractivity contribution < 1.29 is 14.3 Å². The summed E-state index contributed by atoms with van der Waals surface area (Å²) in [6.07, 6.45) is 6.27. The van der Waals surface area contributed by atoms with Crippen molar-refractivity contribution in [3.8, 4) is 0 Å². The summed E-state index contributed by atoms with van der Waals surface area (Å²) in [4.78, 5) is 31.0. The number of carbonyl (C=O) groups is 2. The molecule has 5 rings (SSSR count). The van der Waals surface area contributed by atoms with Crippen LogP contribution in [0.5, 0.6) is 0 Å². The number of nitrogens with zero attached hydrogens (tertiary/aromatic N) is 2. The molecule has 0 unspecified atom stereocenters. The SMILES string of the molecule is CC(C)(C)OC(=O)N1CCC(CNCc2ccc([C@@H]3C[C@H]3C(=O)Nc3ccc4cnccc4c3)cc2)CC1. The fraction of sp³-hybridized carbons (Fsp3) is 0.452. The zero-order valence-electron chi connectivity index (χ0n) is 22.6. The van der Waals surface area contributed by atoms with E-state index in [-0.39, 0.29) is 23.8 Å². The first kappa shape index (κ1) is 26.2. The number of rotatable bonds is 7. The summed E-state index contributed by atoms with van der Waals surface area (Å²) >= 11 is 0. The van der Waals surface area contributed by atoms with Gasteiger partial charge in [-0.05, 0) is 93.1 Å². The summed E-state index contributed by atoms with van der Waals surface area (Å²) in [5.41, 5.74) is 2.85. The van der Waals surface area contributed by atoms with Crippen LogP contribution in [0.3, 0.4) is 0 Å². The third-order valence-electron chi connectivity index (χ3n) is 7.47. The summed E-state index contributed by atoms with van der Waals surface area (Å²) in [7, 11) is 0. The number of ether oxygens (including phenoxy) is 1. The van der Waals surface area contributed by atoms with E-state index in [1.165, 1.54) is 11.1 Å². The summed E-state index contributed by atoms with van der Waals surface area (Å²) in [5.74, 6) is 0.973. The summed E-state index contributed by atoms with van der Waals surface area (Å²) < 4.78 is 5.49. The second-order valence-corrected chi connectivity index (χ2v) is 11.7. The van der Waals surface area contributed by atoms with Crippen LogP contribution in [0.15, 0.2) is 60.9 Å². The van der Waals surface area contributed by atoms with Crippen LogP contribution in [0.1, 0.15) is 57.1 Å². The van der Waals surface area contributed by atoms with Gasteiger partial charge in [-0.1, -0.05) is 30.3 Å². The largest absolute Gasteiger partial charge is 0.444 e. The number of nitrogens with one attached hydrogen (secondary N) is 2. The van der Waals surface area contributed by atoms with Gasteiger partial charge in [0.15, 0.2) is 0 Å². The molecule has 1 aliphatic carbocycles.